The Bertz CT molecular complexity index is 910. The van der Waals surface area contributed by atoms with Crippen LogP contribution in [0.3, 0.4) is 0 Å². The van der Waals surface area contributed by atoms with Crippen LogP contribution in [-0.2, 0) is 4.79 Å². The van der Waals surface area contributed by atoms with E-state index in [1.165, 1.54) is 4.88 Å². The quantitative estimate of drug-likeness (QED) is 0.613. The van der Waals surface area contributed by atoms with E-state index in [0.29, 0.717) is 12.6 Å². The van der Waals surface area contributed by atoms with Gasteiger partial charge >= 0.3 is 0 Å². The van der Waals surface area contributed by atoms with Crippen LogP contribution >= 0.6 is 11.3 Å². The molecule has 0 saturated carbocycles. The van der Waals surface area contributed by atoms with Crippen molar-refractivity contribution in [1.29, 1.82) is 0 Å². The molecule has 150 valence electrons. The number of likely N-dealkylation sites (tertiary alicyclic amines) is 1. The van der Waals surface area contributed by atoms with Crippen LogP contribution in [0, 0.1) is 0 Å². The summed E-state index contributed by atoms with van der Waals surface area (Å²) in [5.74, 6) is 0.862. The van der Waals surface area contributed by atoms with E-state index in [1.54, 1.807) is 18.4 Å². The summed E-state index contributed by atoms with van der Waals surface area (Å²) in [6, 6.07) is 22.5. The third kappa shape index (κ3) is 4.69. The molecule has 2 atom stereocenters. The van der Waals surface area contributed by atoms with Crippen LogP contribution < -0.4 is 10.1 Å². The van der Waals surface area contributed by atoms with Crippen molar-refractivity contribution in [3.63, 3.8) is 0 Å². The number of benzene rings is 2. The molecular formula is C24H26N2O2S. The van der Waals surface area contributed by atoms with Crippen molar-refractivity contribution in [2.24, 2.45) is 0 Å². The van der Waals surface area contributed by atoms with Gasteiger partial charge in [0.15, 0.2) is 0 Å². The predicted octanol–water partition coefficient (Wildman–Crippen LogP) is 4.80. The number of ether oxygens (including phenoxy) is 1. The minimum atomic E-state index is -0.183. The summed E-state index contributed by atoms with van der Waals surface area (Å²) in [7, 11) is 1.66. The van der Waals surface area contributed by atoms with Crippen molar-refractivity contribution >= 4 is 17.2 Å². The average molecular weight is 407 g/mol. The second kappa shape index (κ2) is 9.25. The lowest BCUT2D eigenvalue weighted by Crippen LogP contribution is -2.38. The molecule has 1 amide bonds. The first-order valence-electron chi connectivity index (χ1n) is 10.0. The molecule has 0 aliphatic carbocycles. The molecule has 1 saturated heterocycles. The first-order valence-corrected chi connectivity index (χ1v) is 10.9. The predicted molar refractivity (Wildman–Crippen MR) is 117 cm³/mol. The Labute approximate surface area is 176 Å². The zero-order valence-corrected chi connectivity index (χ0v) is 17.4. The number of methoxy groups -OCH3 is 1. The molecule has 4 rings (SSSR count). The molecule has 5 heteroatoms. The highest BCUT2D eigenvalue weighted by molar-refractivity contribution is 7.10. The lowest BCUT2D eigenvalue weighted by atomic mass is 9.98. The Kier molecular flexibility index (Phi) is 6.27. The molecule has 1 aliphatic heterocycles. The molecule has 2 aromatic carbocycles. The fourth-order valence-electron chi connectivity index (χ4n) is 4.01. The molecule has 1 aliphatic rings. The van der Waals surface area contributed by atoms with E-state index in [0.717, 1.165) is 36.3 Å². The van der Waals surface area contributed by atoms with Crippen LogP contribution in [-0.4, -0.2) is 31.0 Å². The monoisotopic (exact) mass is 406 g/mol. The maximum atomic E-state index is 13.0. The van der Waals surface area contributed by atoms with Crippen LogP contribution in [0.5, 0.6) is 5.75 Å². The van der Waals surface area contributed by atoms with Gasteiger partial charge in [-0.05, 0) is 54.1 Å². The molecule has 1 aromatic heterocycles. The zero-order chi connectivity index (χ0) is 20.1. The highest BCUT2D eigenvalue weighted by Gasteiger charge is 2.29. The maximum Gasteiger partial charge on any atom is 0.234 e. The highest BCUT2D eigenvalue weighted by atomic mass is 32.1. The molecule has 1 fully saturated rings. The third-order valence-corrected chi connectivity index (χ3v) is 6.44. The van der Waals surface area contributed by atoms with E-state index in [2.05, 4.69) is 39.9 Å². The summed E-state index contributed by atoms with van der Waals surface area (Å²) in [6.07, 6.45) is 2.25. The molecule has 2 heterocycles. The number of nitrogens with zero attached hydrogens (tertiary/aromatic N) is 1. The van der Waals surface area contributed by atoms with Crippen molar-refractivity contribution in [3.05, 3.63) is 88.1 Å². The molecule has 0 spiro atoms. The van der Waals surface area contributed by atoms with Crippen molar-refractivity contribution in [1.82, 2.24) is 10.2 Å². The van der Waals surface area contributed by atoms with Crippen LogP contribution in [0.1, 0.15) is 40.9 Å². The highest BCUT2D eigenvalue weighted by Crippen LogP contribution is 2.34. The van der Waals surface area contributed by atoms with Gasteiger partial charge in [0.1, 0.15) is 5.75 Å². The normalized spacial score (nSPS) is 17.8. The lowest BCUT2D eigenvalue weighted by molar-refractivity contribution is -0.123. The summed E-state index contributed by atoms with van der Waals surface area (Å²) in [4.78, 5) is 16.7. The van der Waals surface area contributed by atoms with Gasteiger partial charge in [0.2, 0.25) is 5.91 Å². The molecule has 1 N–H and O–H groups in total. The first kappa shape index (κ1) is 19.7. The van der Waals surface area contributed by atoms with E-state index in [1.807, 2.05) is 42.5 Å². The number of thiophene rings is 1. The van der Waals surface area contributed by atoms with Gasteiger partial charge in [-0.1, -0.05) is 48.5 Å². The Balaban J connectivity index is 1.50. The average Bonchev–Trinajstić information content (AvgIpc) is 3.44. The number of amides is 1. The second-order valence-electron chi connectivity index (χ2n) is 7.33. The summed E-state index contributed by atoms with van der Waals surface area (Å²) in [5, 5.41) is 5.37. The molecular weight excluding hydrogens is 380 g/mol. The lowest BCUT2D eigenvalue weighted by Gasteiger charge is -2.25. The number of rotatable bonds is 7. The van der Waals surface area contributed by atoms with Gasteiger partial charge in [-0.3, -0.25) is 9.69 Å². The summed E-state index contributed by atoms with van der Waals surface area (Å²) < 4.78 is 5.28. The van der Waals surface area contributed by atoms with Gasteiger partial charge in [0.25, 0.3) is 0 Å². The van der Waals surface area contributed by atoms with Crippen molar-refractivity contribution in [2.75, 3.05) is 20.2 Å². The minimum absolute atomic E-state index is 0.0538. The zero-order valence-electron chi connectivity index (χ0n) is 16.6. The fraction of sp³-hybridized carbons (Fsp3) is 0.292. The first-order chi connectivity index (χ1) is 14.2. The summed E-state index contributed by atoms with van der Waals surface area (Å²) in [6.45, 7) is 1.39. The topological polar surface area (TPSA) is 41.6 Å². The van der Waals surface area contributed by atoms with E-state index < -0.39 is 0 Å². The third-order valence-electron chi connectivity index (χ3n) is 5.47. The van der Waals surface area contributed by atoms with E-state index in [4.69, 9.17) is 4.74 Å². The van der Waals surface area contributed by atoms with E-state index in [9.17, 15) is 4.79 Å². The Morgan fingerprint density at radius 3 is 2.55 bits per heavy atom. The number of hydrogen-bond acceptors (Lipinski definition) is 4. The number of carbonyl (C=O) groups excluding carboxylic acids is 1. The summed E-state index contributed by atoms with van der Waals surface area (Å²) >= 11 is 1.78. The minimum Gasteiger partial charge on any atom is -0.497 e. The Hall–Kier alpha value is -2.63. The van der Waals surface area contributed by atoms with Gasteiger partial charge in [0, 0.05) is 10.9 Å². The largest absolute Gasteiger partial charge is 0.497 e. The van der Waals surface area contributed by atoms with Crippen molar-refractivity contribution in [2.45, 2.75) is 24.9 Å². The van der Waals surface area contributed by atoms with E-state index >= 15 is 0 Å². The van der Waals surface area contributed by atoms with Crippen LogP contribution in [0.2, 0.25) is 0 Å². The van der Waals surface area contributed by atoms with E-state index in [-0.39, 0.29) is 11.9 Å². The number of hydrogen-bond donors (Lipinski definition) is 1. The summed E-state index contributed by atoms with van der Waals surface area (Å²) in [5.41, 5.74) is 2.11. The van der Waals surface area contributed by atoms with Gasteiger partial charge in [-0.2, -0.15) is 0 Å². The van der Waals surface area contributed by atoms with Gasteiger partial charge in [-0.15, -0.1) is 11.3 Å². The molecule has 29 heavy (non-hydrogen) atoms. The number of carbonyl (C=O) groups is 1. The second-order valence-corrected chi connectivity index (χ2v) is 8.31. The maximum absolute atomic E-state index is 13.0. The molecule has 4 nitrogen and oxygen atoms in total. The smallest absolute Gasteiger partial charge is 0.234 e. The number of nitrogens with one attached hydrogen (secondary N) is 1. The van der Waals surface area contributed by atoms with Crippen molar-refractivity contribution in [3.8, 4) is 5.75 Å². The van der Waals surface area contributed by atoms with Gasteiger partial charge < -0.3 is 10.1 Å². The molecule has 3 aromatic rings. The Morgan fingerprint density at radius 2 is 1.86 bits per heavy atom. The van der Waals surface area contributed by atoms with Crippen molar-refractivity contribution < 1.29 is 9.53 Å². The molecule has 2 unspecified atom stereocenters. The van der Waals surface area contributed by atoms with Crippen LogP contribution in [0.25, 0.3) is 0 Å². The molecule has 0 radical (unpaired) electrons. The Morgan fingerprint density at radius 1 is 1.10 bits per heavy atom. The van der Waals surface area contributed by atoms with Gasteiger partial charge in [-0.25, -0.2) is 0 Å². The van der Waals surface area contributed by atoms with Crippen LogP contribution in [0.15, 0.2) is 72.1 Å². The molecule has 0 bridgehead atoms. The fourth-order valence-corrected chi connectivity index (χ4v) is 4.91. The van der Waals surface area contributed by atoms with Gasteiger partial charge in [0.05, 0.1) is 19.7 Å². The SMILES string of the molecule is COc1ccc(C(NC(=O)CN2CCCC2c2cccs2)c2ccccc2)cc1. The van der Waals surface area contributed by atoms with Crippen LogP contribution in [0.4, 0.5) is 0 Å². The standard InChI is InChI=1S/C24H26N2O2S/c1-28-20-13-11-19(12-14-20)24(18-7-3-2-4-8-18)25-23(27)17-26-15-5-9-21(26)22-10-6-16-29-22/h2-4,6-8,10-14,16,21,24H,5,9,15,17H2,1H3,(H,25,27).